The maximum absolute atomic E-state index is 13.2. The van der Waals surface area contributed by atoms with Crippen LogP contribution in [0.25, 0.3) is 0 Å². The summed E-state index contributed by atoms with van der Waals surface area (Å²) in [5.74, 6) is 1.95. The molecule has 2 aromatic rings. The Labute approximate surface area is 176 Å². The lowest BCUT2D eigenvalue weighted by Gasteiger charge is -2.30. The fourth-order valence-electron chi connectivity index (χ4n) is 4.62. The van der Waals surface area contributed by atoms with E-state index in [1.807, 2.05) is 0 Å². The number of nitrogens with one attached hydrogen (secondary N) is 1. The monoisotopic (exact) mass is 455 g/mol. The van der Waals surface area contributed by atoms with Gasteiger partial charge in [0.05, 0.1) is 5.92 Å². The van der Waals surface area contributed by atoms with Crippen LogP contribution in [0.15, 0.2) is 46.9 Å². The Balaban J connectivity index is 1.89. The van der Waals surface area contributed by atoms with Crippen molar-refractivity contribution in [2.24, 2.45) is 0 Å². The number of hydrogen-bond acceptors (Lipinski definition) is 5. The van der Waals surface area contributed by atoms with E-state index in [0.717, 1.165) is 4.47 Å². The van der Waals surface area contributed by atoms with E-state index >= 15 is 0 Å². The lowest BCUT2D eigenvalue weighted by molar-refractivity contribution is -0.534. The quantitative estimate of drug-likeness (QED) is 0.435. The van der Waals surface area contributed by atoms with Crippen LogP contribution in [-0.2, 0) is 10.3 Å². The fourth-order valence-corrected chi connectivity index (χ4v) is 5.00. The first-order valence-electron chi connectivity index (χ1n) is 9.02. The number of para-hydroxylation sites is 1. The van der Waals surface area contributed by atoms with Crippen LogP contribution in [0.3, 0.4) is 0 Å². The molecule has 2 aromatic carbocycles. The molecule has 1 amide bonds. The number of hydrogen-bond donors (Lipinski definition) is 1. The van der Waals surface area contributed by atoms with Crippen LogP contribution in [0.1, 0.15) is 17.0 Å². The van der Waals surface area contributed by atoms with Crippen molar-refractivity contribution in [1.82, 2.24) is 4.90 Å². The van der Waals surface area contributed by atoms with Crippen molar-refractivity contribution < 1.29 is 14.5 Å². The fraction of sp³-hybridized carbons (Fsp3) is 0.286. The first-order chi connectivity index (χ1) is 13.9. The van der Waals surface area contributed by atoms with Gasteiger partial charge in [0.25, 0.3) is 11.9 Å². The number of likely N-dealkylation sites (tertiary alicyclic amines) is 1. The minimum Gasteiger partial charge on any atom is -0.481 e. The SMILES string of the molecule is C#CCOc1ccc(Br)cc1[C@@H]1CN(C)[C@]2(C(=O)Nc3ccccc32)[C@H]1[N+](=O)[O-]. The van der Waals surface area contributed by atoms with E-state index in [4.69, 9.17) is 11.2 Å². The van der Waals surface area contributed by atoms with Crippen molar-refractivity contribution in [1.29, 1.82) is 0 Å². The molecular weight excluding hydrogens is 438 g/mol. The van der Waals surface area contributed by atoms with E-state index in [1.54, 1.807) is 54.4 Å². The summed E-state index contributed by atoms with van der Waals surface area (Å²) < 4.78 is 6.43. The number of terminal acetylenes is 1. The highest BCUT2D eigenvalue weighted by molar-refractivity contribution is 9.10. The molecule has 0 aliphatic carbocycles. The van der Waals surface area contributed by atoms with E-state index in [1.165, 1.54) is 0 Å². The van der Waals surface area contributed by atoms with Gasteiger partial charge in [-0.15, -0.1) is 6.42 Å². The van der Waals surface area contributed by atoms with Crippen LogP contribution >= 0.6 is 15.9 Å². The molecule has 0 saturated carbocycles. The lowest BCUT2D eigenvalue weighted by atomic mass is 9.79. The highest BCUT2D eigenvalue weighted by atomic mass is 79.9. The predicted octanol–water partition coefficient (Wildman–Crippen LogP) is 2.98. The Morgan fingerprint density at radius 2 is 2.17 bits per heavy atom. The highest BCUT2D eigenvalue weighted by Gasteiger charge is 2.68. The topological polar surface area (TPSA) is 84.7 Å². The summed E-state index contributed by atoms with van der Waals surface area (Å²) in [5, 5.41) is 15.2. The van der Waals surface area contributed by atoms with E-state index in [9.17, 15) is 14.9 Å². The van der Waals surface area contributed by atoms with Crippen molar-refractivity contribution in [2.75, 3.05) is 25.5 Å². The summed E-state index contributed by atoms with van der Waals surface area (Å²) in [6.45, 7) is 0.366. The normalized spacial score (nSPS) is 25.5. The molecule has 1 fully saturated rings. The average molecular weight is 456 g/mol. The maximum atomic E-state index is 13.2. The number of nitro groups is 1. The molecular formula is C21H18BrN3O4. The highest BCUT2D eigenvalue weighted by Crippen LogP contribution is 2.53. The standard InChI is InChI=1S/C21H18BrN3O4/c1-3-10-29-18-9-8-13(22)11-14(18)15-12-24(2)21(19(15)25(27)28)16-6-4-5-7-17(16)23-20(21)26/h1,4-9,11,15,19H,10,12H2,2H3,(H,23,26)/t15-,19-,21-/m0/s1. The Kier molecular flexibility index (Phi) is 4.81. The first kappa shape index (κ1) is 19.4. The Bertz CT molecular complexity index is 1050. The van der Waals surface area contributed by atoms with Gasteiger partial charge >= 0.3 is 0 Å². The van der Waals surface area contributed by atoms with Crippen LogP contribution in [0.5, 0.6) is 5.75 Å². The van der Waals surface area contributed by atoms with Gasteiger partial charge in [-0.25, -0.2) is 0 Å². The summed E-state index contributed by atoms with van der Waals surface area (Å²) in [5.41, 5.74) is 0.487. The second-order valence-corrected chi connectivity index (χ2v) is 8.07. The lowest BCUT2D eigenvalue weighted by Crippen LogP contribution is -2.54. The number of nitrogens with zero attached hydrogens (tertiary/aromatic N) is 2. The third-order valence-electron chi connectivity index (χ3n) is 5.72. The number of anilines is 1. The van der Waals surface area contributed by atoms with Crippen molar-refractivity contribution in [2.45, 2.75) is 17.5 Å². The van der Waals surface area contributed by atoms with Crippen molar-refractivity contribution >= 4 is 27.5 Å². The number of rotatable bonds is 4. The summed E-state index contributed by atoms with van der Waals surface area (Å²) in [6, 6.07) is 11.3. The number of likely N-dealkylation sites (N-methyl/N-ethyl adjacent to an activating group) is 1. The largest absolute Gasteiger partial charge is 0.481 e. The van der Waals surface area contributed by atoms with Crippen LogP contribution in [0.2, 0.25) is 0 Å². The third-order valence-corrected chi connectivity index (χ3v) is 6.22. The number of carbonyl (C=O) groups is 1. The zero-order valence-corrected chi connectivity index (χ0v) is 17.2. The molecule has 4 rings (SSSR count). The van der Waals surface area contributed by atoms with Gasteiger partial charge in [0, 0.05) is 32.8 Å². The van der Waals surface area contributed by atoms with Gasteiger partial charge < -0.3 is 10.1 Å². The van der Waals surface area contributed by atoms with Gasteiger partial charge in [-0.3, -0.25) is 19.8 Å². The average Bonchev–Trinajstić information content (AvgIpc) is 3.16. The summed E-state index contributed by atoms with van der Waals surface area (Å²) in [6.07, 6.45) is 5.32. The molecule has 2 aliphatic heterocycles. The molecule has 7 nitrogen and oxygen atoms in total. The molecule has 0 radical (unpaired) electrons. The molecule has 0 aromatic heterocycles. The molecule has 0 bridgehead atoms. The van der Waals surface area contributed by atoms with Crippen molar-refractivity contribution in [3.8, 4) is 18.1 Å². The van der Waals surface area contributed by atoms with E-state index in [2.05, 4.69) is 27.2 Å². The van der Waals surface area contributed by atoms with Gasteiger partial charge in [-0.1, -0.05) is 40.0 Å². The number of amides is 1. The predicted molar refractivity (Wildman–Crippen MR) is 111 cm³/mol. The summed E-state index contributed by atoms with van der Waals surface area (Å²) in [4.78, 5) is 27.0. The van der Waals surface area contributed by atoms with Gasteiger partial charge in [0.15, 0.2) is 5.54 Å². The van der Waals surface area contributed by atoms with Crippen LogP contribution < -0.4 is 10.1 Å². The number of fused-ring (bicyclic) bond motifs is 2. The van der Waals surface area contributed by atoms with E-state index < -0.39 is 17.5 Å². The van der Waals surface area contributed by atoms with Gasteiger partial charge in [0.1, 0.15) is 12.4 Å². The molecule has 2 heterocycles. The van der Waals surface area contributed by atoms with Crippen LogP contribution in [0, 0.1) is 22.5 Å². The number of ether oxygens (including phenoxy) is 1. The number of benzene rings is 2. The Morgan fingerprint density at radius 1 is 1.41 bits per heavy atom. The third kappa shape index (κ3) is 2.81. The van der Waals surface area contributed by atoms with E-state index in [0.29, 0.717) is 29.1 Å². The second kappa shape index (κ2) is 7.17. The van der Waals surface area contributed by atoms with Crippen LogP contribution in [-0.4, -0.2) is 42.0 Å². The van der Waals surface area contributed by atoms with Gasteiger partial charge in [-0.05, 0) is 31.3 Å². The van der Waals surface area contributed by atoms with E-state index in [-0.39, 0.29) is 17.4 Å². The smallest absolute Gasteiger partial charge is 0.256 e. The Hall–Kier alpha value is -2.89. The zero-order chi connectivity index (χ0) is 20.8. The molecule has 2 aliphatic rings. The number of carbonyl (C=O) groups excluding carboxylic acids is 1. The Morgan fingerprint density at radius 3 is 2.90 bits per heavy atom. The molecule has 0 unspecified atom stereocenters. The molecule has 3 atom stereocenters. The maximum Gasteiger partial charge on any atom is 0.256 e. The summed E-state index contributed by atoms with van der Waals surface area (Å²) in [7, 11) is 1.75. The van der Waals surface area contributed by atoms with Crippen molar-refractivity contribution in [3.05, 3.63) is 68.2 Å². The minimum atomic E-state index is -1.39. The van der Waals surface area contributed by atoms with Crippen LogP contribution in [0.4, 0.5) is 5.69 Å². The second-order valence-electron chi connectivity index (χ2n) is 7.16. The molecule has 8 heteroatoms. The van der Waals surface area contributed by atoms with Gasteiger partial charge in [0.2, 0.25) is 0 Å². The molecule has 148 valence electrons. The summed E-state index contributed by atoms with van der Waals surface area (Å²) >= 11 is 3.44. The first-order valence-corrected chi connectivity index (χ1v) is 9.82. The van der Waals surface area contributed by atoms with Gasteiger partial charge in [-0.2, -0.15) is 0 Å². The molecule has 1 saturated heterocycles. The number of halogens is 1. The minimum absolute atomic E-state index is 0.0504. The zero-order valence-electron chi connectivity index (χ0n) is 15.6. The molecule has 1 N–H and O–H groups in total. The van der Waals surface area contributed by atoms with Crippen molar-refractivity contribution in [3.63, 3.8) is 0 Å². The molecule has 29 heavy (non-hydrogen) atoms. The molecule has 1 spiro atoms.